The quantitative estimate of drug-likeness (QED) is 0.397. The highest BCUT2D eigenvalue weighted by molar-refractivity contribution is 7.91. The predicted molar refractivity (Wildman–Crippen MR) is 121 cm³/mol. The number of hydrogen-bond acceptors (Lipinski definition) is 3. The molecule has 8 heteroatoms. The van der Waals surface area contributed by atoms with Gasteiger partial charge in [-0.05, 0) is 66.9 Å². The van der Waals surface area contributed by atoms with Gasteiger partial charge in [-0.15, -0.1) is 0 Å². The lowest BCUT2D eigenvalue weighted by molar-refractivity contribution is 0.0692. The van der Waals surface area contributed by atoms with Gasteiger partial charge in [-0.25, -0.2) is 22.0 Å². The number of aromatic nitrogens is 1. The first-order valence-electron chi connectivity index (χ1n) is 10.2. The largest absolute Gasteiger partial charge is 0.478 e. The third-order valence-corrected chi connectivity index (χ3v) is 7.44. The number of aromatic carboxylic acids is 1. The molecule has 3 aromatic carbocycles. The van der Waals surface area contributed by atoms with Crippen molar-refractivity contribution in [3.05, 3.63) is 89.1 Å². The summed E-state index contributed by atoms with van der Waals surface area (Å²) in [6.45, 7) is 5.18. The lowest BCUT2D eigenvalue weighted by Crippen LogP contribution is -2.13. The van der Waals surface area contributed by atoms with Gasteiger partial charge in [0.05, 0.1) is 16.0 Å². The van der Waals surface area contributed by atoms with Gasteiger partial charge in [-0.1, -0.05) is 26.0 Å². The second-order valence-corrected chi connectivity index (χ2v) is 9.96. The number of hydrogen-bond donors (Lipinski definition) is 1. The molecule has 0 bridgehead atoms. The summed E-state index contributed by atoms with van der Waals surface area (Å²) in [6, 6.07) is 13.6. The van der Waals surface area contributed by atoms with Crippen LogP contribution in [0.25, 0.3) is 16.6 Å². The second kappa shape index (κ2) is 8.12. The van der Waals surface area contributed by atoms with E-state index in [1.165, 1.54) is 48.5 Å². The maximum atomic E-state index is 14.3. The van der Waals surface area contributed by atoms with Gasteiger partial charge in [0.1, 0.15) is 16.5 Å². The number of rotatable bonds is 5. The summed E-state index contributed by atoms with van der Waals surface area (Å²) in [6.07, 6.45) is 0. The second-order valence-electron chi connectivity index (χ2n) is 8.10. The van der Waals surface area contributed by atoms with Crippen LogP contribution in [0.3, 0.4) is 0 Å². The standard InChI is InChI=1S/C25H21F2NO4S/c1-14(2)23-24(33(31,32)22-7-5-4-6-18(22)25(29)30)19-13-16(26)8-11-21(19)28(23)17-9-10-20(27)15(3)12-17/h4-14H,1-3H3,(H,29,30). The monoisotopic (exact) mass is 469 g/mol. The molecule has 33 heavy (non-hydrogen) atoms. The smallest absolute Gasteiger partial charge is 0.337 e. The van der Waals surface area contributed by atoms with E-state index in [1.807, 2.05) is 0 Å². The third-order valence-electron chi connectivity index (χ3n) is 5.54. The highest BCUT2D eigenvalue weighted by atomic mass is 32.2. The van der Waals surface area contributed by atoms with Crippen molar-refractivity contribution < 1.29 is 27.1 Å². The Hall–Kier alpha value is -3.52. The Morgan fingerprint density at radius 1 is 1.00 bits per heavy atom. The van der Waals surface area contributed by atoms with Crippen LogP contribution in [0, 0.1) is 18.6 Å². The molecule has 0 unspecified atom stereocenters. The fourth-order valence-electron chi connectivity index (χ4n) is 4.09. The van der Waals surface area contributed by atoms with Gasteiger partial charge in [0.2, 0.25) is 9.84 Å². The van der Waals surface area contributed by atoms with Crippen LogP contribution in [0.2, 0.25) is 0 Å². The van der Waals surface area contributed by atoms with Crippen molar-refractivity contribution in [2.75, 3.05) is 0 Å². The summed E-state index contributed by atoms with van der Waals surface area (Å²) in [4.78, 5) is 11.2. The van der Waals surface area contributed by atoms with Crippen LogP contribution in [0.15, 0.2) is 70.5 Å². The molecule has 0 radical (unpaired) electrons. The molecule has 4 rings (SSSR count). The topological polar surface area (TPSA) is 76.4 Å². The third kappa shape index (κ3) is 3.70. The maximum absolute atomic E-state index is 14.3. The number of benzene rings is 3. The van der Waals surface area contributed by atoms with E-state index in [4.69, 9.17) is 0 Å². The van der Waals surface area contributed by atoms with Crippen LogP contribution >= 0.6 is 0 Å². The van der Waals surface area contributed by atoms with Crippen LogP contribution in [-0.4, -0.2) is 24.1 Å². The molecule has 170 valence electrons. The molecule has 0 atom stereocenters. The Bertz CT molecular complexity index is 1520. The molecule has 1 heterocycles. The summed E-state index contributed by atoms with van der Waals surface area (Å²) in [5, 5.41) is 9.71. The average Bonchev–Trinajstić information content (AvgIpc) is 3.11. The molecule has 0 fully saturated rings. The molecule has 5 nitrogen and oxygen atoms in total. The zero-order valence-corrected chi connectivity index (χ0v) is 19.0. The number of nitrogens with zero attached hydrogens (tertiary/aromatic N) is 1. The highest BCUT2D eigenvalue weighted by Crippen LogP contribution is 2.40. The van der Waals surface area contributed by atoms with Gasteiger partial charge in [0, 0.05) is 16.8 Å². The predicted octanol–water partition coefficient (Wildman–Crippen LogP) is 5.87. The Balaban J connectivity index is 2.18. The van der Waals surface area contributed by atoms with Gasteiger partial charge in [-0.2, -0.15) is 0 Å². The molecule has 1 N–H and O–H groups in total. The van der Waals surface area contributed by atoms with Gasteiger partial charge in [0.25, 0.3) is 0 Å². The molecule has 0 spiro atoms. The molecule has 0 saturated carbocycles. The molecule has 4 aromatic rings. The zero-order valence-electron chi connectivity index (χ0n) is 18.1. The number of carboxylic acids is 1. The van der Waals surface area contributed by atoms with E-state index in [9.17, 15) is 27.1 Å². The average molecular weight is 470 g/mol. The molecular weight excluding hydrogens is 448 g/mol. The van der Waals surface area contributed by atoms with Crippen LogP contribution in [-0.2, 0) is 9.84 Å². The number of halogens is 2. The fourth-order valence-corrected chi connectivity index (χ4v) is 6.07. The van der Waals surface area contributed by atoms with Crippen molar-refractivity contribution in [3.8, 4) is 5.69 Å². The van der Waals surface area contributed by atoms with E-state index < -0.39 is 27.4 Å². The van der Waals surface area contributed by atoms with Gasteiger partial charge >= 0.3 is 5.97 Å². The van der Waals surface area contributed by atoms with E-state index in [0.717, 1.165) is 6.07 Å². The van der Waals surface area contributed by atoms with Crippen molar-refractivity contribution in [1.29, 1.82) is 0 Å². The minimum absolute atomic E-state index is 0.126. The molecule has 0 aliphatic carbocycles. The fraction of sp³-hybridized carbons (Fsp3) is 0.160. The molecule has 1 aromatic heterocycles. The van der Waals surface area contributed by atoms with Crippen LogP contribution in [0.5, 0.6) is 0 Å². The van der Waals surface area contributed by atoms with Crippen LogP contribution in [0.1, 0.15) is 41.4 Å². The Morgan fingerprint density at radius 3 is 2.33 bits per heavy atom. The molecule has 0 saturated heterocycles. The molecular formula is C25H21F2NO4S. The van der Waals surface area contributed by atoms with Crippen molar-refractivity contribution in [1.82, 2.24) is 4.57 Å². The van der Waals surface area contributed by atoms with E-state index in [0.29, 0.717) is 22.5 Å². The normalized spacial score (nSPS) is 11.9. The summed E-state index contributed by atoms with van der Waals surface area (Å²) in [7, 11) is -4.38. The molecule has 0 aliphatic rings. The van der Waals surface area contributed by atoms with Crippen molar-refractivity contribution >= 4 is 26.7 Å². The number of carboxylic acid groups (broad SMARTS) is 1. The first-order valence-corrected chi connectivity index (χ1v) is 11.7. The molecule has 0 amide bonds. The lowest BCUT2D eigenvalue weighted by Gasteiger charge is -2.17. The number of carbonyl (C=O) groups is 1. The zero-order chi connectivity index (χ0) is 24.1. The SMILES string of the molecule is Cc1cc(-n2c(C(C)C)c(S(=O)(=O)c3ccccc3C(=O)O)c3cc(F)ccc32)ccc1F. The van der Waals surface area contributed by atoms with Gasteiger partial charge < -0.3 is 9.67 Å². The maximum Gasteiger partial charge on any atom is 0.337 e. The summed E-state index contributed by atoms with van der Waals surface area (Å²) in [5.41, 5.74) is 1.27. The first-order chi connectivity index (χ1) is 15.5. The van der Waals surface area contributed by atoms with Crippen molar-refractivity contribution in [3.63, 3.8) is 0 Å². The van der Waals surface area contributed by atoms with Gasteiger partial charge in [0.15, 0.2) is 0 Å². The summed E-state index contributed by atoms with van der Waals surface area (Å²) < 4.78 is 57.8. The first kappa shape index (κ1) is 22.7. The minimum atomic E-state index is -4.38. The number of sulfone groups is 1. The van der Waals surface area contributed by atoms with Gasteiger partial charge in [-0.3, -0.25) is 0 Å². The van der Waals surface area contributed by atoms with Crippen LogP contribution < -0.4 is 0 Å². The van der Waals surface area contributed by atoms with Crippen molar-refractivity contribution in [2.24, 2.45) is 0 Å². The van der Waals surface area contributed by atoms with E-state index in [2.05, 4.69) is 0 Å². The molecule has 0 aliphatic heterocycles. The highest BCUT2D eigenvalue weighted by Gasteiger charge is 2.33. The van der Waals surface area contributed by atoms with E-state index in [-0.39, 0.29) is 26.7 Å². The van der Waals surface area contributed by atoms with Crippen molar-refractivity contribution in [2.45, 2.75) is 36.5 Å². The van der Waals surface area contributed by atoms with E-state index in [1.54, 1.807) is 31.4 Å². The van der Waals surface area contributed by atoms with E-state index >= 15 is 0 Å². The lowest BCUT2D eigenvalue weighted by atomic mass is 10.1. The Labute approximate surface area is 189 Å². The summed E-state index contributed by atoms with van der Waals surface area (Å²) in [5.74, 6) is -2.78. The summed E-state index contributed by atoms with van der Waals surface area (Å²) >= 11 is 0. The number of aryl methyl sites for hydroxylation is 1. The Kier molecular flexibility index (Phi) is 5.57. The van der Waals surface area contributed by atoms with Crippen LogP contribution in [0.4, 0.5) is 8.78 Å². The Morgan fingerprint density at radius 2 is 1.70 bits per heavy atom. The number of fused-ring (bicyclic) bond motifs is 1. The minimum Gasteiger partial charge on any atom is -0.478 e.